The molecule has 0 radical (unpaired) electrons. The number of phenolic OH excluding ortho intramolecular Hbond substituents is 2. The Kier molecular flexibility index (Phi) is 2.24. The van der Waals surface area contributed by atoms with E-state index in [4.69, 9.17) is 4.42 Å². The van der Waals surface area contributed by atoms with Crippen molar-refractivity contribution in [3.63, 3.8) is 0 Å². The van der Waals surface area contributed by atoms with Crippen molar-refractivity contribution >= 4 is 43.5 Å². The molecule has 110 valence electrons. The van der Waals surface area contributed by atoms with E-state index in [1.165, 1.54) is 0 Å². The lowest BCUT2D eigenvalue weighted by molar-refractivity contribution is 0.476. The Morgan fingerprint density at radius 1 is 0.609 bits per heavy atom. The third kappa shape index (κ3) is 1.59. The number of hydrogen-bond donors (Lipinski definition) is 2. The fourth-order valence-corrected chi connectivity index (χ4v) is 3.35. The molecule has 5 rings (SSSR count). The number of rotatable bonds is 0. The van der Waals surface area contributed by atoms with E-state index >= 15 is 0 Å². The van der Waals surface area contributed by atoms with Crippen molar-refractivity contribution in [2.24, 2.45) is 0 Å². The molecule has 0 saturated carbocycles. The summed E-state index contributed by atoms with van der Waals surface area (Å²) in [5, 5.41) is 25.4. The molecular weight excluding hydrogens is 288 g/mol. The minimum Gasteiger partial charge on any atom is -0.508 e. The van der Waals surface area contributed by atoms with Crippen LogP contribution in [0.25, 0.3) is 43.5 Å². The summed E-state index contributed by atoms with van der Waals surface area (Å²) in [6.45, 7) is 0. The van der Waals surface area contributed by atoms with Gasteiger partial charge in [-0.3, -0.25) is 0 Å². The van der Waals surface area contributed by atoms with Crippen molar-refractivity contribution in [3.8, 4) is 11.5 Å². The van der Waals surface area contributed by atoms with E-state index in [9.17, 15) is 10.2 Å². The van der Waals surface area contributed by atoms with Crippen LogP contribution < -0.4 is 0 Å². The SMILES string of the molecule is Oc1ccc2c(ccc3c4cc(O)c5ccccc5c4oc23)c1. The lowest BCUT2D eigenvalue weighted by Gasteiger charge is -2.01. The zero-order valence-electron chi connectivity index (χ0n) is 12.1. The Morgan fingerprint density at radius 3 is 2.17 bits per heavy atom. The molecule has 0 amide bonds. The van der Waals surface area contributed by atoms with E-state index in [0.29, 0.717) is 0 Å². The largest absolute Gasteiger partial charge is 0.508 e. The molecule has 0 bridgehead atoms. The zero-order valence-corrected chi connectivity index (χ0v) is 12.1. The number of fused-ring (bicyclic) bond motifs is 7. The van der Waals surface area contributed by atoms with Crippen molar-refractivity contribution in [3.05, 3.63) is 60.7 Å². The van der Waals surface area contributed by atoms with Gasteiger partial charge in [0.05, 0.1) is 0 Å². The molecular formula is C20H12O3. The lowest BCUT2D eigenvalue weighted by Crippen LogP contribution is -1.75. The number of aromatic hydroxyl groups is 2. The van der Waals surface area contributed by atoms with Gasteiger partial charge in [0, 0.05) is 26.9 Å². The van der Waals surface area contributed by atoms with Crippen LogP contribution in [-0.4, -0.2) is 10.2 Å². The monoisotopic (exact) mass is 300 g/mol. The van der Waals surface area contributed by atoms with Gasteiger partial charge in [0.1, 0.15) is 22.7 Å². The van der Waals surface area contributed by atoms with Crippen LogP contribution >= 0.6 is 0 Å². The van der Waals surface area contributed by atoms with Gasteiger partial charge in [-0.1, -0.05) is 30.3 Å². The van der Waals surface area contributed by atoms with E-state index in [0.717, 1.165) is 43.5 Å². The van der Waals surface area contributed by atoms with Gasteiger partial charge in [0.25, 0.3) is 0 Å². The van der Waals surface area contributed by atoms with E-state index in [-0.39, 0.29) is 11.5 Å². The first-order valence-electron chi connectivity index (χ1n) is 7.41. The molecule has 3 nitrogen and oxygen atoms in total. The van der Waals surface area contributed by atoms with Gasteiger partial charge < -0.3 is 14.6 Å². The van der Waals surface area contributed by atoms with E-state index in [2.05, 4.69) is 0 Å². The van der Waals surface area contributed by atoms with Crippen LogP contribution in [0.15, 0.2) is 65.1 Å². The van der Waals surface area contributed by atoms with Crippen molar-refractivity contribution in [1.29, 1.82) is 0 Å². The van der Waals surface area contributed by atoms with Gasteiger partial charge in [0.15, 0.2) is 0 Å². The number of phenols is 2. The van der Waals surface area contributed by atoms with Crippen LogP contribution in [0.2, 0.25) is 0 Å². The van der Waals surface area contributed by atoms with Crippen molar-refractivity contribution in [1.82, 2.24) is 0 Å². The third-order valence-electron chi connectivity index (χ3n) is 4.42. The maximum atomic E-state index is 10.3. The number of hydrogen-bond acceptors (Lipinski definition) is 3. The summed E-state index contributed by atoms with van der Waals surface area (Å²) < 4.78 is 6.18. The van der Waals surface area contributed by atoms with Crippen molar-refractivity contribution in [2.45, 2.75) is 0 Å². The second kappa shape index (κ2) is 4.17. The van der Waals surface area contributed by atoms with E-state index in [1.807, 2.05) is 42.5 Å². The summed E-state index contributed by atoms with van der Waals surface area (Å²) in [5.74, 6) is 0.484. The lowest BCUT2D eigenvalue weighted by atomic mass is 10.0. The summed E-state index contributed by atoms with van der Waals surface area (Å²) in [5.41, 5.74) is 1.54. The first-order valence-corrected chi connectivity index (χ1v) is 7.41. The summed E-state index contributed by atoms with van der Waals surface area (Å²) in [7, 11) is 0. The fraction of sp³-hybridized carbons (Fsp3) is 0. The summed E-state index contributed by atoms with van der Waals surface area (Å²) in [6, 6.07) is 18.6. The standard InChI is InChI=1S/C20H12O3/c21-12-6-8-13-11(9-12)5-7-16-17-10-18(22)14-3-1-2-4-15(14)20(17)23-19(13)16/h1-10,21-22H. The highest BCUT2D eigenvalue weighted by molar-refractivity contribution is 6.21. The van der Waals surface area contributed by atoms with Crippen LogP contribution in [0.5, 0.6) is 11.5 Å². The molecule has 0 spiro atoms. The van der Waals surface area contributed by atoms with Gasteiger partial charge >= 0.3 is 0 Å². The molecule has 5 aromatic rings. The second-order valence-corrected chi connectivity index (χ2v) is 5.77. The Morgan fingerprint density at radius 2 is 1.30 bits per heavy atom. The van der Waals surface area contributed by atoms with Crippen LogP contribution in [0.4, 0.5) is 0 Å². The summed E-state index contributed by atoms with van der Waals surface area (Å²) in [4.78, 5) is 0. The highest BCUT2D eigenvalue weighted by Crippen LogP contribution is 2.40. The predicted molar refractivity (Wildman–Crippen MR) is 92.1 cm³/mol. The molecule has 0 atom stereocenters. The first-order chi connectivity index (χ1) is 11.2. The molecule has 4 aromatic carbocycles. The van der Waals surface area contributed by atoms with Gasteiger partial charge in [0.2, 0.25) is 0 Å². The van der Waals surface area contributed by atoms with Gasteiger partial charge in [-0.25, -0.2) is 0 Å². The highest BCUT2D eigenvalue weighted by Gasteiger charge is 2.15. The molecule has 0 unspecified atom stereocenters. The Balaban J connectivity index is 2.06. The minimum atomic E-state index is 0.232. The number of furan rings is 1. The second-order valence-electron chi connectivity index (χ2n) is 5.77. The zero-order chi connectivity index (χ0) is 15.6. The smallest absolute Gasteiger partial charge is 0.143 e. The molecule has 1 aromatic heterocycles. The normalized spacial score (nSPS) is 11.8. The van der Waals surface area contributed by atoms with E-state index < -0.39 is 0 Å². The average Bonchev–Trinajstić information content (AvgIpc) is 2.94. The minimum absolute atomic E-state index is 0.232. The van der Waals surface area contributed by atoms with Gasteiger partial charge in [-0.15, -0.1) is 0 Å². The van der Waals surface area contributed by atoms with Crippen molar-refractivity contribution < 1.29 is 14.6 Å². The molecule has 2 N–H and O–H groups in total. The Labute approximate surface area is 131 Å². The predicted octanol–water partition coefficient (Wildman–Crippen LogP) is 5.30. The first kappa shape index (κ1) is 12.4. The van der Waals surface area contributed by atoms with Gasteiger partial charge in [-0.2, -0.15) is 0 Å². The topological polar surface area (TPSA) is 53.6 Å². The van der Waals surface area contributed by atoms with Crippen LogP contribution in [0, 0.1) is 0 Å². The highest BCUT2D eigenvalue weighted by atomic mass is 16.3. The number of benzene rings is 4. The summed E-state index contributed by atoms with van der Waals surface area (Å²) in [6.07, 6.45) is 0. The molecule has 0 fully saturated rings. The Bertz CT molecular complexity index is 1230. The quantitative estimate of drug-likeness (QED) is 0.408. The van der Waals surface area contributed by atoms with E-state index in [1.54, 1.807) is 18.2 Å². The molecule has 23 heavy (non-hydrogen) atoms. The molecule has 3 heteroatoms. The van der Waals surface area contributed by atoms with Gasteiger partial charge in [-0.05, 0) is 35.7 Å². The molecule has 0 aliphatic carbocycles. The maximum absolute atomic E-state index is 10.3. The third-order valence-corrected chi connectivity index (χ3v) is 4.42. The van der Waals surface area contributed by atoms with Crippen LogP contribution in [0.3, 0.4) is 0 Å². The average molecular weight is 300 g/mol. The molecule has 0 aliphatic heterocycles. The molecule has 1 heterocycles. The molecule has 0 aliphatic rings. The maximum Gasteiger partial charge on any atom is 0.143 e. The fourth-order valence-electron chi connectivity index (χ4n) is 3.35. The van der Waals surface area contributed by atoms with Crippen LogP contribution in [0.1, 0.15) is 0 Å². The Hall–Kier alpha value is -3.20. The van der Waals surface area contributed by atoms with Crippen LogP contribution in [-0.2, 0) is 0 Å². The summed E-state index contributed by atoms with van der Waals surface area (Å²) >= 11 is 0. The van der Waals surface area contributed by atoms with Crippen molar-refractivity contribution in [2.75, 3.05) is 0 Å². The molecule has 0 saturated heterocycles.